The van der Waals surface area contributed by atoms with Gasteiger partial charge in [-0.15, -0.1) is 0 Å². The number of carbonyl (C=O) groups excluding carboxylic acids is 1. The van der Waals surface area contributed by atoms with Crippen LogP contribution in [0.25, 0.3) is 0 Å². The summed E-state index contributed by atoms with van der Waals surface area (Å²) in [4.78, 5) is 13.8. The summed E-state index contributed by atoms with van der Waals surface area (Å²) in [5, 5.41) is 0. The van der Waals surface area contributed by atoms with E-state index in [4.69, 9.17) is 10.5 Å². The summed E-state index contributed by atoms with van der Waals surface area (Å²) in [7, 11) is 0. The molecule has 4 nitrogen and oxygen atoms in total. The Kier molecular flexibility index (Phi) is 4.88. The maximum Gasteiger partial charge on any atom is 0.410 e. The number of hydrogen-bond donors (Lipinski definition) is 1. The second kappa shape index (κ2) is 6.48. The van der Waals surface area contributed by atoms with Gasteiger partial charge in [-0.2, -0.15) is 0 Å². The number of benzene rings is 1. The first-order chi connectivity index (χ1) is 9.85. The number of amides is 1. The summed E-state index contributed by atoms with van der Waals surface area (Å²) >= 11 is 0. The van der Waals surface area contributed by atoms with Gasteiger partial charge in [-0.05, 0) is 45.1 Å². The Hall–Kier alpha value is -1.55. The molecule has 1 aliphatic heterocycles. The van der Waals surface area contributed by atoms with Gasteiger partial charge in [-0.3, -0.25) is 0 Å². The predicted octanol–water partition coefficient (Wildman–Crippen LogP) is 2.81. The van der Waals surface area contributed by atoms with Crippen molar-refractivity contribution in [1.82, 2.24) is 4.90 Å². The van der Waals surface area contributed by atoms with E-state index in [1.165, 1.54) is 5.56 Å². The normalized spacial score (nSPS) is 23.0. The zero-order valence-electron chi connectivity index (χ0n) is 13.2. The first-order valence-electron chi connectivity index (χ1n) is 7.62. The fourth-order valence-corrected chi connectivity index (χ4v) is 2.69. The van der Waals surface area contributed by atoms with Crippen LogP contribution in [0.4, 0.5) is 4.79 Å². The smallest absolute Gasteiger partial charge is 0.410 e. The highest BCUT2D eigenvalue weighted by atomic mass is 16.6. The number of piperidine rings is 1. The van der Waals surface area contributed by atoms with Crippen LogP contribution in [0.3, 0.4) is 0 Å². The Morgan fingerprint density at radius 2 is 2.00 bits per heavy atom. The molecule has 21 heavy (non-hydrogen) atoms. The minimum Gasteiger partial charge on any atom is -0.444 e. The Morgan fingerprint density at radius 1 is 1.33 bits per heavy atom. The quantitative estimate of drug-likeness (QED) is 0.911. The fourth-order valence-electron chi connectivity index (χ4n) is 2.69. The summed E-state index contributed by atoms with van der Waals surface area (Å²) in [5.74, 6) is 0.422. The van der Waals surface area contributed by atoms with Crippen molar-refractivity contribution in [3.8, 4) is 0 Å². The van der Waals surface area contributed by atoms with Crippen LogP contribution in [0.2, 0.25) is 0 Å². The van der Waals surface area contributed by atoms with Crippen LogP contribution in [0.15, 0.2) is 30.3 Å². The Bertz CT molecular complexity index is 467. The van der Waals surface area contributed by atoms with Crippen LogP contribution in [-0.4, -0.2) is 35.7 Å². The number of ether oxygens (including phenoxy) is 1. The van der Waals surface area contributed by atoms with Crippen LogP contribution in [0.1, 0.15) is 32.8 Å². The lowest BCUT2D eigenvalue weighted by Crippen LogP contribution is -2.52. The summed E-state index contributed by atoms with van der Waals surface area (Å²) in [6.07, 6.45) is 1.65. The van der Waals surface area contributed by atoms with Gasteiger partial charge in [0.25, 0.3) is 0 Å². The second-order valence-corrected chi connectivity index (χ2v) is 6.83. The maximum atomic E-state index is 12.1. The summed E-state index contributed by atoms with van der Waals surface area (Å²) in [6, 6.07) is 10.4. The van der Waals surface area contributed by atoms with E-state index >= 15 is 0 Å². The SMILES string of the molecule is CC(C)(C)OC(=O)N1CC[C@@H](Cc2ccccc2)[C@H](N)C1. The van der Waals surface area contributed by atoms with Gasteiger partial charge in [0.1, 0.15) is 5.60 Å². The van der Waals surface area contributed by atoms with E-state index in [0.717, 1.165) is 19.4 Å². The standard InChI is InChI=1S/C17H26N2O2/c1-17(2,3)21-16(20)19-10-9-14(15(18)12-19)11-13-7-5-4-6-8-13/h4-8,14-15H,9-12,18H2,1-3H3/t14-,15+/m0/s1. The van der Waals surface area contributed by atoms with E-state index < -0.39 is 5.60 Å². The minimum atomic E-state index is -0.456. The molecule has 0 saturated carbocycles. The van der Waals surface area contributed by atoms with Crippen LogP contribution in [0.5, 0.6) is 0 Å². The van der Waals surface area contributed by atoms with E-state index in [0.29, 0.717) is 12.5 Å². The monoisotopic (exact) mass is 290 g/mol. The summed E-state index contributed by atoms with van der Waals surface area (Å²) in [5.41, 5.74) is 7.12. The van der Waals surface area contributed by atoms with Crippen molar-refractivity contribution in [3.63, 3.8) is 0 Å². The fraction of sp³-hybridized carbons (Fsp3) is 0.588. The first-order valence-corrected chi connectivity index (χ1v) is 7.62. The number of nitrogens with two attached hydrogens (primary N) is 1. The van der Waals surface area contributed by atoms with Crippen molar-refractivity contribution < 1.29 is 9.53 Å². The third-order valence-electron chi connectivity index (χ3n) is 3.80. The molecule has 4 heteroatoms. The maximum absolute atomic E-state index is 12.1. The highest BCUT2D eigenvalue weighted by molar-refractivity contribution is 5.68. The number of nitrogens with zero attached hydrogens (tertiary/aromatic N) is 1. The molecule has 0 radical (unpaired) electrons. The number of likely N-dealkylation sites (tertiary alicyclic amines) is 1. The molecule has 1 aromatic carbocycles. The topological polar surface area (TPSA) is 55.6 Å². The van der Waals surface area contributed by atoms with Gasteiger partial charge in [0.2, 0.25) is 0 Å². The lowest BCUT2D eigenvalue weighted by molar-refractivity contribution is 0.0160. The number of rotatable bonds is 2. The van der Waals surface area contributed by atoms with E-state index in [1.54, 1.807) is 4.90 Å². The van der Waals surface area contributed by atoms with Gasteiger partial charge >= 0.3 is 6.09 Å². The molecule has 1 amide bonds. The lowest BCUT2D eigenvalue weighted by Gasteiger charge is -2.37. The molecule has 1 aromatic rings. The van der Waals surface area contributed by atoms with Gasteiger partial charge in [-0.25, -0.2) is 4.79 Å². The van der Waals surface area contributed by atoms with Crippen LogP contribution in [0, 0.1) is 5.92 Å². The van der Waals surface area contributed by atoms with Gasteiger partial charge < -0.3 is 15.4 Å². The number of carbonyl (C=O) groups is 1. The van der Waals surface area contributed by atoms with Crippen LogP contribution < -0.4 is 5.73 Å². The molecule has 0 aromatic heterocycles. The van der Waals surface area contributed by atoms with Crippen molar-refractivity contribution in [2.24, 2.45) is 11.7 Å². The zero-order chi connectivity index (χ0) is 15.5. The molecule has 0 spiro atoms. The van der Waals surface area contributed by atoms with E-state index in [1.807, 2.05) is 26.8 Å². The average molecular weight is 290 g/mol. The molecule has 116 valence electrons. The molecule has 0 unspecified atom stereocenters. The van der Waals surface area contributed by atoms with Crippen molar-refractivity contribution in [3.05, 3.63) is 35.9 Å². The van der Waals surface area contributed by atoms with Gasteiger partial charge in [0.15, 0.2) is 0 Å². The third kappa shape index (κ3) is 4.74. The van der Waals surface area contributed by atoms with Crippen molar-refractivity contribution in [2.75, 3.05) is 13.1 Å². The molecule has 2 atom stereocenters. The highest BCUT2D eigenvalue weighted by Crippen LogP contribution is 2.22. The van der Waals surface area contributed by atoms with Gasteiger partial charge in [-0.1, -0.05) is 30.3 Å². The zero-order valence-corrected chi connectivity index (χ0v) is 13.2. The highest BCUT2D eigenvalue weighted by Gasteiger charge is 2.31. The van der Waals surface area contributed by atoms with E-state index in [2.05, 4.69) is 24.3 Å². The molecule has 1 aliphatic rings. The summed E-state index contributed by atoms with van der Waals surface area (Å²) in [6.45, 7) is 6.94. The van der Waals surface area contributed by atoms with Gasteiger partial charge in [0, 0.05) is 19.1 Å². The molecule has 2 N–H and O–H groups in total. The Labute approximate surface area is 127 Å². The number of hydrogen-bond acceptors (Lipinski definition) is 3. The molecular weight excluding hydrogens is 264 g/mol. The van der Waals surface area contributed by atoms with Crippen LogP contribution in [-0.2, 0) is 11.2 Å². The Balaban J connectivity index is 1.89. The van der Waals surface area contributed by atoms with Crippen molar-refractivity contribution >= 4 is 6.09 Å². The lowest BCUT2D eigenvalue weighted by atomic mass is 9.87. The van der Waals surface area contributed by atoms with Crippen molar-refractivity contribution in [2.45, 2.75) is 45.3 Å². The Morgan fingerprint density at radius 3 is 2.57 bits per heavy atom. The van der Waals surface area contributed by atoms with E-state index in [9.17, 15) is 4.79 Å². The average Bonchev–Trinajstić information content (AvgIpc) is 2.40. The van der Waals surface area contributed by atoms with E-state index in [-0.39, 0.29) is 12.1 Å². The third-order valence-corrected chi connectivity index (χ3v) is 3.80. The predicted molar refractivity (Wildman–Crippen MR) is 84.0 cm³/mol. The summed E-state index contributed by atoms with van der Waals surface area (Å²) < 4.78 is 5.41. The van der Waals surface area contributed by atoms with Crippen LogP contribution >= 0.6 is 0 Å². The first kappa shape index (κ1) is 15.8. The molecule has 1 fully saturated rings. The molecule has 1 heterocycles. The van der Waals surface area contributed by atoms with Gasteiger partial charge in [0.05, 0.1) is 0 Å². The molecule has 0 bridgehead atoms. The van der Waals surface area contributed by atoms with Crippen molar-refractivity contribution in [1.29, 1.82) is 0 Å². The molecular formula is C17H26N2O2. The molecule has 1 saturated heterocycles. The molecule has 2 rings (SSSR count). The second-order valence-electron chi connectivity index (χ2n) is 6.83. The minimum absolute atomic E-state index is 0.00599. The molecule has 0 aliphatic carbocycles. The largest absolute Gasteiger partial charge is 0.444 e.